The van der Waals surface area contributed by atoms with Gasteiger partial charge in [-0.05, 0) is 49.6 Å². The van der Waals surface area contributed by atoms with Crippen LogP contribution in [0.1, 0.15) is 30.1 Å². The molecule has 1 aromatic rings. The first-order valence-corrected chi connectivity index (χ1v) is 5.57. The summed E-state index contributed by atoms with van der Waals surface area (Å²) in [7, 11) is 0. The molecule has 3 nitrogen and oxygen atoms in total. The fourth-order valence-corrected chi connectivity index (χ4v) is 1.64. The Hall–Kier alpha value is -1.27. The number of hydrogen-bond acceptors (Lipinski definition) is 3. The molecular weight excluding hydrogens is 247 g/mol. The van der Waals surface area contributed by atoms with E-state index < -0.39 is 12.5 Å². The summed E-state index contributed by atoms with van der Waals surface area (Å²) >= 11 is 0. The van der Waals surface area contributed by atoms with Gasteiger partial charge in [-0.2, -0.15) is 0 Å². The van der Waals surface area contributed by atoms with E-state index in [4.69, 9.17) is 5.73 Å². The third-order valence-electron chi connectivity index (χ3n) is 2.37. The second kappa shape index (κ2) is 6.06. The topological polar surface area (TPSA) is 55.5 Å². The van der Waals surface area contributed by atoms with Gasteiger partial charge in [0.25, 0.3) is 0 Å². The number of halogens is 3. The first-order valence-electron chi connectivity index (χ1n) is 5.57. The second-order valence-electron chi connectivity index (χ2n) is 4.07. The van der Waals surface area contributed by atoms with Gasteiger partial charge in [0.05, 0.1) is 6.10 Å². The van der Waals surface area contributed by atoms with E-state index >= 15 is 0 Å². The summed E-state index contributed by atoms with van der Waals surface area (Å²) in [5.74, 6) is -0.315. The van der Waals surface area contributed by atoms with Crippen molar-refractivity contribution in [1.29, 1.82) is 0 Å². The summed E-state index contributed by atoms with van der Waals surface area (Å²) in [6, 6.07) is 4.10. The predicted octanol–water partition coefficient (Wildman–Crippen LogP) is 2.67. The second-order valence-corrected chi connectivity index (χ2v) is 4.07. The minimum atomic E-state index is -4.73. The van der Waals surface area contributed by atoms with Gasteiger partial charge in [-0.15, -0.1) is 13.2 Å². The minimum Gasteiger partial charge on any atom is -0.406 e. The third kappa shape index (κ3) is 4.93. The van der Waals surface area contributed by atoms with Crippen LogP contribution in [0.2, 0.25) is 0 Å². The molecule has 1 aromatic carbocycles. The van der Waals surface area contributed by atoms with Gasteiger partial charge in [0.15, 0.2) is 0 Å². The lowest BCUT2D eigenvalue weighted by atomic mass is 10.0. The number of alkyl halides is 3. The lowest BCUT2D eigenvalue weighted by molar-refractivity contribution is -0.274. The molecule has 0 fully saturated rings. The van der Waals surface area contributed by atoms with Crippen molar-refractivity contribution in [2.24, 2.45) is 5.73 Å². The van der Waals surface area contributed by atoms with E-state index in [-0.39, 0.29) is 5.75 Å². The number of aryl methyl sites for hydroxylation is 1. The number of hydrogen-bond donors (Lipinski definition) is 2. The van der Waals surface area contributed by atoms with Crippen LogP contribution < -0.4 is 10.5 Å². The fraction of sp³-hybridized carbons (Fsp3) is 0.500. The van der Waals surface area contributed by atoms with Crippen LogP contribution in [0.5, 0.6) is 5.75 Å². The molecule has 0 spiro atoms. The quantitative estimate of drug-likeness (QED) is 0.858. The number of aliphatic hydroxyl groups excluding tert-OH is 1. The zero-order valence-electron chi connectivity index (χ0n) is 10.00. The maximum atomic E-state index is 12.1. The fourth-order valence-electron chi connectivity index (χ4n) is 1.64. The van der Waals surface area contributed by atoms with Crippen LogP contribution >= 0.6 is 0 Å². The molecule has 0 saturated carbocycles. The lowest BCUT2D eigenvalue weighted by Crippen LogP contribution is -2.17. The molecule has 1 rings (SSSR count). The molecule has 0 aliphatic rings. The Morgan fingerprint density at radius 2 is 2.00 bits per heavy atom. The van der Waals surface area contributed by atoms with Crippen molar-refractivity contribution >= 4 is 0 Å². The SMILES string of the molecule is Cc1cc(OC(F)(F)F)cc(C(O)CCCN)c1. The van der Waals surface area contributed by atoms with Gasteiger partial charge < -0.3 is 15.6 Å². The van der Waals surface area contributed by atoms with Crippen LogP contribution in [0.4, 0.5) is 13.2 Å². The Labute approximate surface area is 103 Å². The van der Waals surface area contributed by atoms with Crippen molar-refractivity contribution in [2.45, 2.75) is 32.2 Å². The lowest BCUT2D eigenvalue weighted by Gasteiger charge is -2.14. The highest BCUT2D eigenvalue weighted by Gasteiger charge is 2.31. The van der Waals surface area contributed by atoms with Gasteiger partial charge in [-0.3, -0.25) is 0 Å². The summed E-state index contributed by atoms with van der Waals surface area (Å²) in [5, 5.41) is 9.81. The molecule has 18 heavy (non-hydrogen) atoms. The van der Waals surface area contributed by atoms with Crippen LogP contribution in [0, 0.1) is 6.92 Å². The molecular formula is C12H16F3NO2. The monoisotopic (exact) mass is 263 g/mol. The molecule has 0 radical (unpaired) electrons. The Balaban J connectivity index is 2.86. The maximum absolute atomic E-state index is 12.1. The molecule has 0 heterocycles. The van der Waals surface area contributed by atoms with Crippen molar-refractivity contribution in [2.75, 3.05) is 6.54 Å². The van der Waals surface area contributed by atoms with Crippen LogP contribution in [-0.4, -0.2) is 18.0 Å². The number of benzene rings is 1. The Morgan fingerprint density at radius 1 is 1.33 bits per heavy atom. The summed E-state index contributed by atoms with van der Waals surface area (Å²) < 4.78 is 40.2. The molecule has 102 valence electrons. The molecule has 6 heteroatoms. The van der Waals surface area contributed by atoms with Crippen molar-refractivity contribution in [1.82, 2.24) is 0 Å². The van der Waals surface area contributed by atoms with Crippen molar-refractivity contribution in [3.63, 3.8) is 0 Å². The zero-order valence-corrected chi connectivity index (χ0v) is 10.00. The molecule has 0 saturated heterocycles. The number of aliphatic hydroxyl groups is 1. The Kier molecular flexibility index (Phi) is 4.98. The van der Waals surface area contributed by atoms with E-state index in [1.165, 1.54) is 12.1 Å². The highest BCUT2D eigenvalue weighted by Crippen LogP contribution is 2.28. The number of rotatable bonds is 5. The van der Waals surface area contributed by atoms with Crippen LogP contribution in [-0.2, 0) is 0 Å². The van der Waals surface area contributed by atoms with Crippen LogP contribution in [0.3, 0.4) is 0 Å². The van der Waals surface area contributed by atoms with E-state index in [1.54, 1.807) is 13.0 Å². The van der Waals surface area contributed by atoms with Gasteiger partial charge in [0.2, 0.25) is 0 Å². The van der Waals surface area contributed by atoms with Gasteiger partial charge in [0, 0.05) is 0 Å². The molecule has 0 bridgehead atoms. The van der Waals surface area contributed by atoms with E-state index in [0.717, 1.165) is 0 Å². The molecule has 0 aliphatic carbocycles. The molecule has 0 aromatic heterocycles. The zero-order chi connectivity index (χ0) is 13.8. The minimum absolute atomic E-state index is 0.315. The Morgan fingerprint density at radius 3 is 2.56 bits per heavy atom. The molecule has 1 unspecified atom stereocenters. The largest absolute Gasteiger partial charge is 0.573 e. The van der Waals surface area contributed by atoms with E-state index in [9.17, 15) is 18.3 Å². The highest BCUT2D eigenvalue weighted by molar-refractivity contribution is 5.35. The van der Waals surface area contributed by atoms with Crippen molar-refractivity contribution in [3.05, 3.63) is 29.3 Å². The smallest absolute Gasteiger partial charge is 0.406 e. The first kappa shape index (κ1) is 14.8. The van der Waals surface area contributed by atoms with Crippen LogP contribution in [0.15, 0.2) is 18.2 Å². The van der Waals surface area contributed by atoms with E-state index in [1.807, 2.05) is 0 Å². The van der Waals surface area contributed by atoms with Crippen LogP contribution in [0.25, 0.3) is 0 Å². The third-order valence-corrected chi connectivity index (χ3v) is 2.37. The van der Waals surface area contributed by atoms with Gasteiger partial charge in [-0.1, -0.05) is 6.07 Å². The number of ether oxygens (including phenoxy) is 1. The van der Waals surface area contributed by atoms with Crippen molar-refractivity contribution < 1.29 is 23.0 Å². The summed E-state index contributed by atoms with van der Waals surface area (Å²) in [6.45, 7) is 2.07. The normalized spacial score (nSPS) is 13.4. The average molecular weight is 263 g/mol. The molecule has 1 atom stereocenters. The van der Waals surface area contributed by atoms with E-state index in [2.05, 4.69) is 4.74 Å². The number of nitrogens with two attached hydrogens (primary N) is 1. The highest BCUT2D eigenvalue weighted by atomic mass is 19.4. The van der Waals surface area contributed by atoms with Crippen molar-refractivity contribution in [3.8, 4) is 5.75 Å². The van der Waals surface area contributed by atoms with E-state index in [0.29, 0.717) is 30.5 Å². The standard InChI is InChI=1S/C12H16F3NO2/c1-8-5-9(11(17)3-2-4-16)7-10(6-8)18-12(13,14)15/h5-7,11,17H,2-4,16H2,1H3. The summed E-state index contributed by atoms with van der Waals surface area (Å²) in [4.78, 5) is 0. The van der Waals surface area contributed by atoms with Gasteiger partial charge in [0.1, 0.15) is 5.75 Å². The van der Waals surface area contributed by atoms with Gasteiger partial charge in [-0.25, -0.2) is 0 Å². The molecule has 0 aliphatic heterocycles. The molecule has 0 amide bonds. The summed E-state index contributed by atoms with van der Waals surface area (Å²) in [5.41, 5.74) is 6.31. The average Bonchev–Trinajstić information content (AvgIpc) is 2.22. The van der Waals surface area contributed by atoms with Gasteiger partial charge >= 0.3 is 6.36 Å². The predicted molar refractivity (Wildman–Crippen MR) is 61.1 cm³/mol. The first-order chi connectivity index (χ1) is 8.31. The Bertz CT molecular complexity index is 393. The maximum Gasteiger partial charge on any atom is 0.573 e. The summed E-state index contributed by atoms with van der Waals surface area (Å²) in [6.07, 6.45) is -4.55. The molecule has 3 N–H and O–H groups in total.